The third-order valence-electron chi connectivity index (χ3n) is 2.08. The lowest BCUT2D eigenvalue weighted by molar-refractivity contribution is 0.141. The molecule has 1 fully saturated rings. The van der Waals surface area contributed by atoms with Crippen LogP contribution in [-0.2, 0) is 0 Å². The van der Waals surface area contributed by atoms with Gasteiger partial charge in [0.05, 0.1) is 5.60 Å². The van der Waals surface area contributed by atoms with Gasteiger partial charge in [-0.05, 0) is 25.2 Å². The van der Waals surface area contributed by atoms with Crippen molar-refractivity contribution in [2.75, 3.05) is 0 Å². The van der Waals surface area contributed by atoms with Crippen LogP contribution in [0.15, 0.2) is 0 Å². The van der Waals surface area contributed by atoms with Crippen molar-refractivity contribution >= 4 is 0 Å². The van der Waals surface area contributed by atoms with Crippen LogP contribution in [-0.4, -0.2) is 10.7 Å². The standard InChI is InChI=1S/C7H14O/c1-5(2)6-4-7(6,3)8/h5-6,8H,4H2,1-3H3/t6-,7+/m1/s1. The summed E-state index contributed by atoms with van der Waals surface area (Å²) in [6.45, 7) is 6.23. The fraction of sp³-hybridized carbons (Fsp3) is 1.00. The van der Waals surface area contributed by atoms with Crippen LogP contribution in [0.4, 0.5) is 0 Å². The van der Waals surface area contributed by atoms with E-state index in [1.807, 2.05) is 6.92 Å². The van der Waals surface area contributed by atoms with Crippen LogP contribution >= 0.6 is 0 Å². The fourth-order valence-corrected chi connectivity index (χ4v) is 1.34. The second-order valence-electron chi connectivity index (χ2n) is 3.41. The van der Waals surface area contributed by atoms with Crippen LogP contribution in [0.2, 0.25) is 0 Å². The van der Waals surface area contributed by atoms with E-state index >= 15 is 0 Å². The Balaban J connectivity index is 2.37. The zero-order valence-electron chi connectivity index (χ0n) is 5.81. The van der Waals surface area contributed by atoms with Gasteiger partial charge in [0, 0.05) is 0 Å². The van der Waals surface area contributed by atoms with E-state index in [4.69, 9.17) is 0 Å². The predicted molar refractivity (Wildman–Crippen MR) is 33.6 cm³/mol. The largest absolute Gasteiger partial charge is 0.390 e. The molecule has 0 aromatic carbocycles. The van der Waals surface area contributed by atoms with Crippen molar-refractivity contribution in [3.63, 3.8) is 0 Å². The van der Waals surface area contributed by atoms with Crippen molar-refractivity contribution in [3.05, 3.63) is 0 Å². The minimum absolute atomic E-state index is 0.311. The molecule has 1 saturated carbocycles. The first-order valence-corrected chi connectivity index (χ1v) is 3.26. The Hall–Kier alpha value is -0.0400. The minimum Gasteiger partial charge on any atom is -0.390 e. The summed E-state index contributed by atoms with van der Waals surface area (Å²) in [5, 5.41) is 9.26. The molecule has 1 N–H and O–H groups in total. The normalized spacial score (nSPS) is 45.4. The summed E-state index contributed by atoms with van der Waals surface area (Å²) >= 11 is 0. The molecule has 0 saturated heterocycles. The second kappa shape index (κ2) is 1.47. The first-order chi connectivity index (χ1) is 3.54. The molecule has 0 aliphatic heterocycles. The molecule has 0 spiro atoms. The Morgan fingerprint density at radius 3 is 2.00 bits per heavy atom. The van der Waals surface area contributed by atoms with Crippen LogP contribution in [0, 0.1) is 11.8 Å². The highest BCUT2D eigenvalue weighted by molar-refractivity contribution is 5.00. The Morgan fingerprint density at radius 2 is 2.00 bits per heavy atom. The van der Waals surface area contributed by atoms with Gasteiger partial charge in [-0.25, -0.2) is 0 Å². The van der Waals surface area contributed by atoms with Gasteiger partial charge in [0.25, 0.3) is 0 Å². The highest BCUT2D eigenvalue weighted by Crippen LogP contribution is 2.47. The van der Waals surface area contributed by atoms with Crippen molar-refractivity contribution < 1.29 is 5.11 Å². The molecule has 48 valence electrons. The molecule has 2 atom stereocenters. The molecule has 0 aromatic rings. The Morgan fingerprint density at radius 1 is 1.62 bits per heavy atom. The third-order valence-corrected chi connectivity index (χ3v) is 2.08. The van der Waals surface area contributed by atoms with E-state index in [-0.39, 0.29) is 5.60 Å². The number of rotatable bonds is 1. The molecule has 1 rings (SSSR count). The molecular formula is C7H14O. The first-order valence-electron chi connectivity index (χ1n) is 3.26. The maximum atomic E-state index is 9.26. The molecule has 8 heavy (non-hydrogen) atoms. The van der Waals surface area contributed by atoms with E-state index in [9.17, 15) is 5.11 Å². The van der Waals surface area contributed by atoms with E-state index in [1.165, 1.54) is 0 Å². The highest BCUT2D eigenvalue weighted by Gasteiger charge is 2.49. The summed E-state index contributed by atoms with van der Waals surface area (Å²) in [6.07, 6.45) is 1.00. The van der Waals surface area contributed by atoms with E-state index in [2.05, 4.69) is 13.8 Å². The van der Waals surface area contributed by atoms with Crippen LogP contribution in [0.5, 0.6) is 0 Å². The molecule has 1 nitrogen and oxygen atoms in total. The number of aliphatic hydroxyl groups is 1. The van der Waals surface area contributed by atoms with Gasteiger partial charge in [0.1, 0.15) is 0 Å². The van der Waals surface area contributed by atoms with Gasteiger partial charge >= 0.3 is 0 Å². The van der Waals surface area contributed by atoms with Crippen molar-refractivity contribution in [2.45, 2.75) is 32.8 Å². The van der Waals surface area contributed by atoms with Crippen LogP contribution < -0.4 is 0 Å². The average Bonchev–Trinajstić information content (AvgIpc) is 2.13. The molecule has 0 radical (unpaired) electrons. The van der Waals surface area contributed by atoms with Gasteiger partial charge in [-0.1, -0.05) is 13.8 Å². The molecule has 0 unspecified atom stereocenters. The van der Waals surface area contributed by atoms with E-state index in [0.717, 1.165) is 6.42 Å². The molecule has 1 heteroatoms. The van der Waals surface area contributed by atoms with Crippen molar-refractivity contribution in [1.29, 1.82) is 0 Å². The van der Waals surface area contributed by atoms with Gasteiger partial charge in [-0.2, -0.15) is 0 Å². The zero-order chi connectivity index (χ0) is 6.36. The van der Waals surface area contributed by atoms with Gasteiger partial charge in [0.2, 0.25) is 0 Å². The summed E-state index contributed by atoms with van der Waals surface area (Å²) in [5.41, 5.74) is -0.311. The zero-order valence-corrected chi connectivity index (χ0v) is 5.81. The lowest BCUT2D eigenvalue weighted by atomic mass is 10.1. The first kappa shape index (κ1) is 6.09. The highest BCUT2D eigenvalue weighted by atomic mass is 16.3. The summed E-state index contributed by atoms with van der Waals surface area (Å²) in [7, 11) is 0. The SMILES string of the molecule is CC(C)[C@H]1C[C@]1(C)O. The van der Waals surface area contributed by atoms with Crippen molar-refractivity contribution in [3.8, 4) is 0 Å². The van der Waals surface area contributed by atoms with Crippen LogP contribution in [0.25, 0.3) is 0 Å². The smallest absolute Gasteiger partial charge is 0.0655 e. The Kier molecular flexibility index (Phi) is 1.12. The lowest BCUT2D eigenvalue weighted by Crippen LogP contribution is -2.07. The molecule has 0 aromatic heterocycles. The van der Waals surface area contributed by atoms with Gasteiger partial charge in [-0.15, -0.1) is 0 Å². The summed E-state index contributed by atoms with van der Waals surface area (Å²) in [4.78, 5) is 0. The molecule has 0 heterocycles. The Bertz CT molecular complexity index is 94.6. The average molecular weight is 114 g/mol. The second-order valence-corrected chi connectivity index (χ2v) is 3.41. The summed E-state index contributed by atoms with van der Waals surface area (Å²) < 4.78 is 0. The van der Waals surface area contributed by atoms with Crippen LogP contribution in [0.3, 0.4) is 0 Å². The monoisotopic (exact) mass is 114 g/mol. The minimum atomic E-state index is -0.311. The van der Waals surface area contributed by atoms with E-state index < -0.39 is 0 Å². The maximum Gasteiger partial charge on any atom is 0.0655 e. The third kappa shape index (κ3) is 0.873. The lowest BCUT2D eigenvalue weighted by Gasteiger charge is -2.03. The maximum absolute atomic E-state index is 9.26. The fourth-order valence-electron chi connectivity index (χ4n) is 1.34. The summed E-state index contributed by atoms with van der Waals surface area (Å²) in [6, 6.07) is 0. The van der Waals surface area contributed by atoms with Gasteiger partial charge in [-0.3, -0.25) is 0 Å². The van der Waals surface area contributed by atoms with E-state index in [0.29, 0.717) is 11.8 Å². The molecule has 1 aliphatic carbocycles. The topological polar surface area (TPSA) is 20.2 Å². The van der Waals surface area contributed by atoms with Crippen LogP contribution in [0.1, 0.15) is 27.2 Å². The van der Waals surface area contributed by atoms with Crippen molar-refractivity contribution in [1.82, 2.24) is 0 Å². The molecule has 0 bridgehead atoms. The van der Waals surface area contributed by atoms with Crippen molar-refractivity contribution in [2.24, 2.45) is 11.8 Å². The van der Waals surface area contributed by atoms with Gasteiger partial charge < -0.3 is 5.11 Å². The quantitative estimate of drug-likeness (QED) is 0.546. The predicted octanol–water partition coefficient (Wildman–Crippen LogP) is 1.41. The molecular weight excluding hydrogens is 100 g/mol. The Labute approximate surface area is 50.7 Å². The molecule has 1 aliphatic rings. The number of hydrogen-bond acceptors (Lipinski definition) is 1. The summed E-state index contributed by atoms with van der Waals surface area (Å²) in [5.74, 6) is 1.23. The van der Waals surface area contributed by atoms with E-state index in [1.54, 1.807) is 0 Å². The number of hydrogen-bond donors (Lipinski definition) is 1. The molecule has 0 amide bonds. The van der Waals surface area contributed by atoms with Gasteiger partial charge in [0.15, 0.2) is 0 Å².